The Hall–Kier alpha value is -0.880. The summed E-state index contributed by atoms with van der Waals surface area (Å²) >= 11 is 1.36. The Morgan fingerprint density at radius 2 is 2.33 bits per heavy atom. The van der Waals surface area contributed by atoms with Crippen LogP contribution in [0.5, 0.6) is 0 Å². The molecule has 1 aliphatic heterocycles. The molecule has 0 saturated heterocycles. The molecule has 0 unspecified atom stereocenters. The lowest BCUT2D eigenvalue weighted by atomic mass is 10.6. The lowest BCUT2D eigenvalue weighted by Crippen LogP contribution is -2.16. The van der Waals surface area contributed by atoms with E-state index in [1.807, 2.05) is 0 Å². The summed E-state index contributed by atoms with van der Waals surface area (Å²) in [5.41, 5.74) is 0. The lowest BCUT2D eigenvalue weighted by Gasteiger charge is -2.10. The molecule has 2 heterocycles. The van der Waals surface area contributed by atoms with Crippen molar-refractivity contribution in [2.75, 3.05) is 5.32 Å². The first-order valence-electron chi connectivity index (χ1n) is 3.26. The first-order chi connectivity index (χ1) is 5.59. The fourth-order valence-electron chi connectivity index (χ4n) is 1.01. The summed E-state index contributed by atoms with van der Waals surface area (Å²) < 4.78 is 26.2. The van der Waals surface area contributed by atoms with Gasteiger partial charge < -0.3 is 5.32 Å². The average Bonchev–Trinajstić information content (AvgIpc) is 2.32. The van der Waals surface area contributed by atoms with Crippen molar-refractivity contribution in [2.24, 2.45) is 4.40 Å². The van der Waals surface area contributed by atoms with E-state index in [0.717, 1.165) is 0 Å². The highest BCUT2D eigenvalue weighted by atomic mass is 32.2. The lowest BCUT2D eigenvalue weighted by molar-refractivity contribution is 0.598. The van der Waals surface area contributed by atoms with Crippen LogP contribution in [0, 0.1) is 0 Å². The van der Waals surface area contributed by atoms with E-state index in [0.29, 0.717) is 10.8 Å². The predicted molar refractivity (Wildman–Crippen MR) is 48.2 cm³/mol. The summed E-state index contributed by atoms with van der Waals surface area (Å²) in [5, 5.41) is 5.27. The Balaban J connectivity index is 2.72. The topological polar surface area (TPSA) is 58.5 Å². The molecule has 1 aliphatic rings. The molecule has 4 nitrogen and oxygen atoms in total. The minimum absolute atomic E-state index is 0.276. The van der Waals surface area contributed by atoms with Crippen molar-refractivity contribution in [1.82, 2.24) is 0 Å². The van der Waals surface area contributed by atoms with Crippen molar-refractivity contribution in [1.29, 1.82) is 0 Å². The summed E-state index contributed by atoms with van der Waals surface area (Å²) in [6.07, 6.45) is 0. The van der Waals surface area contributed by atoms with Gasteiger partial charge in [-0.2, -0.15) is 8.42 Å². The molecule has 0 amide bonds. The normalized spacial score (nSPS) is 19.2. The number of nitrogens with one attached hydrogen (secondary N) is 1. The summed E-state index contributed by atoms with van der Waals surface area (Å²) in [5.74, 6) is 0.421. The van der Waals surface area contributed by atoms with E-state index < -0.39 is 10.0 Å². The van der Waals surface area contributed by atoms with Crippen molar-refractivity contribution in [3.8, 4) is 0 Å². The second kappa shape index (κ2) is 2.30. The van der Waals surface area contributed by atoms with Crippen LogP contribution in [0.1, 0.15) is 6.92 Å². The zero-order chi connectivity index (χ0) is 8.77. The van der Waals surface area contributed by atoms with Gasteiger partial charge in [0.05, 0.1) is 0 Å². The number of hydrogen-bond acceptors (Lipinski definition) is 4. The van der Waals surface area contributed by atoms with Crippen molar-refractivity contribution in [3.63, 3.8) is 0 Å². The van der Waals surface area contributed by atoms with Gasteiger partial charge in [-0.05, 0) is 18.4 Å². The van der Waals surface area contributed by atoms with Gasteiger partial charge in [0.15, 0.2) is 0 Å². The molecule has 12 heavy (non-hydrogen) atoms. The van der Waals surface area contributed by atoms with E-state index in [2.05, 4.69) is 9.71 Å². The molecule has 0 atom stereocenters. The molecule has 0 bridgehead atoms. The van der Waals surface area contributed by atoms with Gasteiger partial charge in [0.2, 0.25) is 0 Å². The summed E-state index contributed by atoms with van der Waals surface area (Å²) in [6.45, 7) is 1.63. The fourth-order valence-corrected chi connectivity index (χ4v) is 3.32. The van der Waals surface area contributed by atoms with Crippen LogP contribution in [0.25, 0.3) is 0 Å². The Morgan fingerprint density at radius 1 is 1.58 bits per heavy atom. The van der Waals surface area contributed by atoms with E-state index >= 15 is 0 Å². The van der Waals surface area contributed by atoms with Crippen LogP contribution < -0.4 is 5.32 Å². The van der Waals surface area contributed by atoms with Crippen LogP contribution in [0.2, 0.25) is 0 Å². The summed E-state index contributed by atoms with van der Waals surface area (Å²) in [4.78, 5) is 0.276. The molecular formula is C6H6N2O2S2. The number of nitrogens with zero attached hydrogens (tertiary/aromatic N) is 1. The zero-order valence-corrected chi connectivity index (χ0v) is 7.87. The standard InChI is InChI=1S/C6H6N2O2S2/c1-4-7-6-5(2-3-11-6)12(9,10)8-4/h2-3H,1H3,(H,7,8). The van der Waals surface area contributed by atoms with Gasteiger partial charge in [-0.25, -0.2) is 0 Å². The maximum absolute atomic E-state index is 11.3. The number of anilines is 1. The van der Waals surface area contributed by atoms with Gasteiger partial charge in [-0.15, -0.1) is 15.7 Å². The minimum Gasteiger partial charge on any atom is -0.334 e. The third-order valence-corrected chi connectivity index (χ3v) is 3.83. The number of sulfonamides is 1. The van der Waals surface area contributed by atoms with Gasteiger partial charge >= 0.3 is 0 Å². The average molecular weight is 202 g/mol. The molecule has 64 valence electrons. The van der Waals surface area contributed by atoms with Crippen LogP contribution in [0.4, 0.5) is 5.00 Å². The van der Waals surface area contributed by atoms with Gasteiger partial charge in [-0.3, -0.25) is 0 Å². The minimum atomic E-state index is -3.41. The summed E-state index contributed by atoms with van der Waals surface area (Å²) in [6, 6.07) is 1.55. The Kier molecular flexibility index (Phi) is 1.49. The number of rotatable bonds is 0. The maximum Gasteiger partial charge on any atom is 0.286 e. The molecule has 1 aromatic heterocycles. The Labute approximate surface area is 74.0 Å². The van der Waals surface area contributed by atoms with Gasteiger partial charge in [0, 0.05) is 0 Å². The van der Waals surface area contributed by atoms with Crippen molar-refractivity contribution in [3.05, 3.63) is 11.4 Å². The molecule has 0 aromatic carbocycles. The number of thiophene rings is 1. The predicted octanol–water partition coefficient (Wildman–Crippen LogP) is 1.28. The number of fused-ring (bicyclic) bond motifs is 1. The van der Waals surface area contributed by atoms with E-state index in [1.165, 1.54) is 11.3 Å². The largest absolute Gasteiger partial charge is 0.334 e. The smallest absolute Gasteiger partial charge is 0.286 e. The third-order valence-electron chi connectivity index (χ3n) is 1.46. The molecule has 1 N–H and O–H groups in total. The van der Waals surface area contributed by atoms with E-state index in [-0.39, 0.29) is 4.90 Å². The number of amidine groups is 1. The fraction of sp³-hybridized carbons (Fsp3) is 0.167. The molecular weight excluding hydrogens is 196 g/mol. The second-order valence-corrected chi connectivity index (χ2v) is 4.88. The third kappa shape index (κ3) is 1.03. The van der Waals surface area contributed by atoms with Gasteiger partial charge in [0.1, 0.15) is 15.7 Å². The molecule has 0 aliphatic carbocycles. The highest BCUT2D eigenvalue weighted by Crippen LogP contribution is 2.31. The SMILES string of the molecule is CC1=NS(=O)(=O)c2ccsc2N1. The molecule has 0 fully saturated rings. The molecule has 0 spiro atoms. The van der Waals surface area contributed by atoms with Gasteiger partial charge in [-0.1, -0.05) is 0 Å². The molecule has 1 aromatic rings. The molecule has 0 saturated carbocycles. The quantitative estimate of drug-likeness (QED) is 0.689. The van der Waals surface area contributed by atoms with Crippen molar-refractivity contribution >= 4 is 32.2 Å². The van der Waals surface area contributed by atoms with Crippen molar-refractivity contribution in [2.45, 2.75) is 11.8 Å². The highest BCUT2D eigenvalue weighted by molar-refractivity contribution is 7.90. The Morgan fingerprint density at radius 3 is 3.08 bits per heavy atom. The van der Waals surface area contributed by atoms with Crippen LogP contribution >= 0.6 is 11.3 Å². The zero-order valence-electron chi connectivity index (χ0n) is 6.23. The highest BCUT2D eigenvalue weighted by Gasteiger charge is 2.23. The summed E-state index contributed by atoms with van der Waals surface area (Å²) in [7, 11) is -3.41. The van der Waals surface area contributed by atoms with Crippen LogP contribution in [0.15, 0.2) is 20.7 Å². The monoisotopic (exact) mass is 202 g/mol. The van der Waals surface area contributed by atoms with E-state index in [4.69, 9.17) is 0 Å². The van der Waals surface area contributed by atoms with E-state index in [1.54, 1.807) is 18.4 Å². The molecule has 6 heteroatoms. The van der Waals surface area contributed by atoms with E-state index in [9.17, 15) is 8.42 Å². The maximum atomic E-state index is 11.3. The first-order valence-corrected chi connectivity index (χ1v) is 5.58. The van der Waals surface area contributed by atoms with Crippen molar-refractivity contribution < 1.29 is 8.42 Å². The van der Waals surface area contributed by atoms with Crippen LogP contribution in [-0.4, -0.2) is 14.3 Å². The number of hydrogen-bond donors (Lipinski definition) is 1. The molecule has 0 radical (unpaired) electrons. The van der Waals surface area contributed by atoms with Crippen LogP contribution in [0.3, 0.4) is 0 Å². The van der Waals surface area contributed by atoms with Gasteiger partial charge in [0.25, 0.3) is 10.0 Å². The second-order valence-electron chi connectivity index (χ2n) is 2.39. The Bertz CT molecular complexity index is 444. The first kappa shape index (κ1) is 7.75. The molecule has 2 rings (SSSR count). The van der Waals surface area contributed by atoms with Crippen LogP contribution in [-0.2, 0) is 10.0 Å².